The Hall–Kier alpha value is -1.54. The number of carbonyl (C=O) groups is 1. The Morgan fingerprint density at radius 3 is 2.69 bits per heavy atom. The molecule has 1 spiro atoms. The molecule has 1 unspecified atom stereocenters. The molecule has 3 N–H and O–H groups in total. The van der Waals surface area contributed by atoms with Crippen LogP contribution in [0.4, 0.5) is 4.79 Å². The highest BCUT2D eigenvalue weighted by Crippen LogP contribution is 2.50. The Kier molecular flexibility index (Phi) is 5.62. The lowest BCUT2D eigenvalue weighted by atomic mass is 9.64. The van der Waals surface area contributed by atoms with E-state index in [1.807, 2.05) is 0 Å². The molecular formula is C18H29BN4O3. The van der Waals surface area contributed by atoms with Crippen molar-refractivity contribution in [2.24, 2.45) is 16.1 Å². The number of aliphatic hydroxyl groups is 1. The van der Waals surface area contributed by atoms with E-state index in [4.69, 9.17) is 18.3 Å². The van der Waals surface area contributed by atoms with E-state index in [-0.39, 0.29) is 5.41 Å². The van der Waals surface area contributed by atoms with E-state index in [2.05, 4.69) is 9.89 Å². The largest absolute Gasteiger partial charge is 0.427 e. The number of likely N-dealkylation sites (tertiary alicyclic amines) is 2. The molecule has 3 rings (SSSR count). The summed E-state index contributed by atoms with van der Waals surface area (Å²) in [5.74, 6) is 0. The zero-order valence-electron chi connectivity index (χ0n) is 15.5. The zero-order valence-corrected chi connectivity index (χ0v) is 15.5. The van der Waals surface area contributed by atoms with Gasteiger partial charge in [-0.15, -0.1) is 0 Å². The summed E-state index contributed by atoms with van der Waals surface area (Å²) in [6, 6.07) is 1.01. The smallest absolute Gasteiger partial charge is 0.411 e. The van der Waals surface area contributed by atoms with Crippen molar-refractivity contribution in [1.82, 2.24) is 9.80 Å². The maximum Gasteiger partial charge on any atom is 0.411 e. The van der Waals surface area contributed by atoms with Gasteiger partial charge in [0.05, 0.1) is 6.04 Å². The second-order valence-corrected chi connectivity index (χ2v) is 8.11. The summed E-state index contributed by atoms with van der Waals surface area (Å²) >= 11 is 0. The van der Waals surface area contributed by atoms with Crippen LogP contribution in [0, 0.1) is 5.41 Å². The number of allylic oxidation sites excluding steroid dienone is 1. The van der Waals surface area contributed by atoms with Gasteiger partial charge in [-0.1, -0.05) is 0 Å². The van der Waals surface area contributed by atoms with Gasteiger partial charge in [-0.2, -0.15) is 0 Å². The molecule has 1 aliphatic carbocycles. The van der Waals surface area contributed by atoms with E-state index in [1.165, 1.54) is 13.1 Å². The standard InChI is InChI=1S/C18H29BN4O3/c1-17(19,25)26-16(24)23-10-5-18(13-23)11-15(12-18)22-8-3-14(4-9-22)21-7-2-6-20/h2,6-7,14-15,25H,3-5,8-13,20H2,1H3. The van der Waals surface area contributed by atoms with Gasteiger partial charge in [0.15, 0.2) is 13.5 Å². The van der Waals surface area contributed by atoms with Crippen molar-refractivity contribution >= 4 is 20.2 Å². The number of hydrogen-bond acceptors (Lipinski definition) is 6. The molecular weight excluding hydrogens is 331 g/mol. The van der Waals surface area contributed by atoms with Crippen LogP contribution in [0.5, 0.6) is 0 Å². The maximum atomic E-state index is 12.0. The second-order valence-electron chi connectivity index (χ2n) is 8.11. The van der Waals surface area contributed by atoms with Crippen molar-refractivity contribution in [1.29, 1.82) is 0 Å². The second kappa shape index (κ2) is 7.60. The molecule has 2 heterocycles. The summed E-state index contributed by atoms with van der Waals surface area (Å²) in [5.41, 5.74) is 3.61. The molecule has 8 heteroatoms. The minimum Gasteiger partial charge on any atom is -0.427 e. The molecule has 1 saturated carbocycles. The molecule has 0 aromatic rings. The summed E-state index contributed by atoms with van der Waals surface area (Å²) in [5, 5.41) is 9.43. The number of ether oxygens (including phenoxy) is 1. The number of aliphatic imine (C=N–C) groups is 1. The number of nitrogens with two attached hydrogens (primary N) is 1. The number of piperidine rings is 1. The minimum atomic E-state index is -1.91. The lowest BCUT2D eigenvalue weighted by Crippen LogP contribution is -2.54. The molecule has 2 aliphatic heterocycles. The lowest BCUT2D eigenvalue weighted by Gasteiger charge is -2.51. The van der Waals surface area contributed by atoms with Crippen molar-refractivity contribution in [2.45, 2.75) is 56.8 Å². The lowest BCUT2D eigenvalue weighted by molar-refractivity contribution is -0.0883. The average Bonchev–Trinajstić information content (AvgIpc) is 2.99. The highest BCUT2D eigenvalue weighted by atomic mass is 16.7. The van der Waals surface area contributed by atoms with Gasteiger partial charge in [0, 0.05) is 38.4 Å². The van der Waals surface area contributed by atoms with Gasteiger partial charge in [0.25, 0.3) is 0 Å². The predicted octanol–water partition coefficient (Wildman–Crippen LogP) is 0.820. The molecule has 2 saturated heterocycles. The van der Waals surface area contributed by atoms with Crippen LogP contribution in [0.2, 0.25) is 0 Å². The Bertz CT molecular complexity index is 561. The first-order valence-corrected chi connectivity index (χ1v) is 9.43. The van der Waals surface area contributed by atoms with Crippen LogP contribution in [0.3, 0.4) is 0 Å². The Morgan fingerprint density at radius 2 is 2.08 bits per heavy atom. The first-order chi connectivity index (χ1) is 12.3. The van der Waals surface area contributed by atoms with Crippen LogP contribution in [-0.2, 0) is 4.74 Å². The van der Waals surface area contributed by atoms with E-state index < -0.39 is 11.8 Å². The quantitative estimate of drug-likeness (QED) is 0.440. The van der Waals surface area contributed by atoms with Crippen molar-refractivity contribution in [3.63, 3.8) is 0 Å². The zero-order chi connectivity index (χ0) is 18.8. The molecule has 3 fully saturated rings. The van der Waals surface area contributed by atoms with Crippen LogP contribution >= 0.6 is 0 Å². The fourth-order valence-electron chi connectivity index (χ4n) is 4.48. The fourth-order valence-corrected chi connectivity index (χ4v) is 4.48. The van der Waals surface area contributed by atoms with Crippen molar-refractivity contribution in [3.8, 4) is 0 Å². The predicted molar refractivity (Wildman–Crippen MR) is 101 cm³/mol. The molecule has 3 aliphatic rings. The molecule has 2 radical (unpaired) electrons. The van der Waals surface area contributed by atoms with Crippen molar-refractivity contribution < 1.29 is 14.6 Å². The number of carbonyl (C=O) groups excluding carboxylic acids is 1. The molecule has 142 valence electrons. The summed E-state index contributed by atoms with van der Waals surface area (Å²) < 4.78 is 4.86. The number of amides is 1. The van der Waals surface area contributed by atoms with Gasteiger partial charge in [-0.25, -0.2) is 4.79 Å². The van der Waals surface area contributed by atoms with Crippen LogP contribution in [0.15, 0.2) is 17.3 Å². The third-order valence-electron chi connectivity index (χ3n) is 5.84. The molecule has 1 atom stereocenters. The molecule has 0 aromatic heterocycles. The summed E-state index contributed by atoms with van der Waals surface area (Å²) in [6.07, 6.45) is 9.96. The first-order valence-electron chi connectivity index (χ1n) is 9.43. The molecule has 26 heavy (non-hydrogen) atoms. The van der Waals surface area contributed by atoms with Gasteiger partial charge in [-0.05, 0) is 56.7 Å². The van der Waals surface area contributed by atoms with Crippen LogP contribution in [0.1, 0.15) is 39.0 Å². The van der Waals surface area contributed by atoms with Gasteiger partial charge < -0.3 is 25.4 Å². The Balaban J connectivity index is 1.41. The van der Waals surface area contributed by atoms with E-state index in [9.17, 15) is 9.90 Å². The van der Waals surface area contributed by atoms with Gasteiger partial charge in [-0.3, -0.25) is 4.99 Å². The monoisotopic (exact) mass is 360 g/mol. The van der Waals surface area contributed by atoms with Crippen molar-refractivity contribution in [3.05, 3.63) is 12.3 Å². The first kappa shape index (κ1) is 19.2. The summed E-state index contributed by atoms with van der Waals surface area (Å²) in [6.45, 7) is 4.79. The molecule has 7 nitrogen and oxygen atoms in total. The third kappa shape index (κ3) is 4.59. The minimum absolute atomic E-state index is 0.213. The van der Waals surface area contributed by atoms with Gasteiger partial charge in [0.1, 0.15) is 0 Å². The fraction of sp³-hybridized carbons (Fsp3) is 0.778. The highest BCUT2D eigenvalue weighted by molar-refractivity contribution is 6.13. The molecule has 1 amide bonds. The molecule has 0 bridgehead atoms. The summed E-state index contributed by atoms with van der Waals surface area (Å²) in [7, 11) is 5.35. The van der Waals surface area contributed by atoms with Gasteiger partial charge >= 0.3 is 6.09 Å². The van der Waals surface area contributed by atoms with Crippen LogP contribution in [0.25, 0.3) is 0 Å². The average molecular weight is 360 g/mol. The maximum absolute atomic E-state index is 12.0. The number of rotatable bonds is 4. The topological polar surface area (TPSA) is 91.4 Å². The number of hydrogen-bond donors (Lipinski definition) is 2. The van der Waals surface area contributed by atoms with E-state index in [0.717, 1.165) is 45.2 Å². The SMILES string of the molecule is [B]C(C)(O)OC(=O)N1CCC2(CC(N3CCC(N=CC=CN)CC3)C2)C1. The van der Waals surface area contributed by atoms with Gasteiger partial charge in [0.2, 0.25) is 0 Å². The number of nitrogens with zero attached hydrogens (tertiary/aromatic N) is 3. The molecule has 0 aromatic carbocycles. The van der Waals surface area contributed by atoms with E-state index in [1.54, 1.807) is 17.2 Å². The van der Waals surface area contributed by atoms with Crippen LogP contribution < -0.4 is 5.73 Å². The Morgan fingerprint density at radius 1 is 1.38 bits per heavy atom. The van der Waals surface area contributed by atoms with Crippen molar-refractivity contribution in [2.75, 3.05) is 26.2 Å². The van der Waals surface area contributed by atoms with E-state index in [0.29, 0.717) is 25.2 Å². The normalized spacial score (nSPS) is 33.0. The summed E-state index contributed by atoms with van der Waals surface area (Å²) in [4.78, 5) is 20.8. The van der Waals surface area contributed by atoms with Crippen LogP contribution in [-0.4, -0.2) is 79.0 Å². The van der Waals surface area contributed by atoms with E-state index >= 15 is 0 Å². The highest BCUT2D eigenvalue weighted by Gasteiger charge is 2.51. The Labute approximate surface area is 156 Å². The third-order valence-corrected chi connectivity index (χ3v) is 5.84.